The lowest BCUT2D eigenvalue weighted by Crippen LogP contribution is -2.48. The van der Waals surface area contributed by atoms with E-state index in [4.69, 9.17) is 14.4 Å². The Kier molecular flexibility index (Phi) is 2.49. The van der Waals surface area contributed by atoms with Crippen LogP contribution in [0.3, 0.4) is 0 Å². The van der Waals surface area contributed by atoms with E-state index in [1.165, 1.54) is 0 Å². The predicted octanol–water partition coefficient (Wildman–Crippen LogP) is 1.16. The summed E-state index contributed by atoms with van der Waals surface area (Å²) in [5.41, 5.74) is 0. The van der Waals surface area contributed by atoms with Crippen molar-refractivity contribution in [2.75, 3.05) is 0 Å². The lowest BCUT2D eigenvalue weighted by molar-refractivity contribution is 0.0757. The third-order valence-corrected chi connectivity index (χ3v) is 2.32. The van der Waals surface area contributed by atoms with Crippen molar-refractivity contribution in [1.29, 1.82) is 0 Å². The van der Waals surface area contributed by atoms with Crippen molar-refractivity contribution in [3.05, 3.63) is 11.8 Å². The molecule has 0 aromatic carbocycles. The number of hydrogen-bond acceptors (Lipinski definition) is 4. The van der Waals surface area contributed by atoms with E-state index in [1.807, 2.05) is 0 Å². The van der Waals surface area contributed by atoms with E-state index in [-0.39, 0.29) is 12.1 Å². The quantitative estimate of drug-likeness (QED) is 0.785. The Morgan fingerprint density at radius 3 is 3.00 bits per heavy atom. The van der Waals surface area contributed by atoms with E-state index in [0.29, 0.717) is 24.5 Å². The molecule has 0 aliphatic heterocycles. The van der Waals surface area contributed by atoms with Gasteiger partial charge in [-0.1, -0.05) is 0 Å². The molecular formula is C9H12N2O4. The summed E-state index contributed by atoms with van der Waals surface area (Å²) in [6.07, 6.45) is 0.401. The van der Waals surface area contributed by atoms with Gasteiger partial charge in [0, 0.05) is 24.9 Å². The number of nitrogens with zero attached hydrogens (tertiary/aromatic N) is 1. The molecule has 1 saturated carbocycles. The van der Waals surface area contributed by atoms with Crippen molar-refractivity contribution in [3.8, 4) is 5.88 Å². The zero-order valence-electron chi connectivity index (χ0n) is 8.27. The van der Waals surface area contributed by atoms with Crippen LogP contribution in [0.5, 0.6) is 5.88 Å². The summed E-state index contributed by atoms with van der Waals surface area (Å²) in [4.78, 5) is 10.3. The molecular weight excluding hydrogens is 200 g/mol. The highest BCUT2D eigenvalue weighted by atomic mass is 16.5. The fraction of sp³-hybridized carbons (Fsp3) is 0.556. The molecule has 2 rings (SSSR count). The zero-order chi connectivity index (χ0) is 10.8. The Morgan fingerprint density at radius 2 is 2.47 bits per heavy atom. The molecule has 0 atom stereocenters. The highest BCUT2D eigenvalue weighted by Gasteiger charge is 2.32. The minimum Gasteiger partial charge on any atom is -0.472 e. The largest absolute Gasteiger partial charge is 0.472 e. The van der Waals surface area contributed by atoms with Gasteiger partial charge < -0.3 is 19.7 Å². The van der Waals surface area contributed by atoms with Crippen molar-refractivity contribution in [2.45, 2.75) is 31.9 Å². The first-order valence-corrected chi connectivity index (χ1v) is 4.73. The van der Waals surface area contributed by atoms with Crippen LogP contribution in [0.25, 0.3) is 0 Å². The molecule has 2 N–H and O–H groups in total. The predicted molar refractivity (Wildman–Crippen MR) is 49.8 cm³/mol. The fourth-order valence-corrected chi connectivity index (χ4v) is 1.52. The summed E-state index contributed by atoms with van der Waals surface area (Å²) in [6, 6.07) is 1.71. The lowest BCUT2D eigenvalue weighted by atomic mass is 9.89. The van der Waals surface area contributed by atoms with Gasteiger partial charge in [-0.05, 0) is 12.1 Å². The molecule has 6 heteroatoms. The van der Waals surface area contributed by atoms with Crippen molar-refractivity contribution in [1.82, 2.24) is 10.5 Å². The van der Waals surface area contributed by atoms with Gasteiger partial charge in [-0.25, -0.2) is 4.79 Å². The molecule has 1 aliphatic rings. The average molecular weight is 212 g/mol. The normalized spacial score (nSPS) is 24.3. The second-order valence-electron chi connectivity index (χ2n) is 3.63. The van der Waals surface area contributed by atoms with E-state index in [0.717, 1.165) is 0 Å². The van der Waals surface area contributed by atoms with E-state index >= 15 is 0 Å². The van der Waals surface area contributed by atoms with Gasteiger partial charge in [-0.15, -0.1) is 0 Å². The molecule has 82 valence electrons. The Bertz CT molecular complexity index is 357. The lowest BCUT2D eigenvalue weighted by Gasteiger charge is -2.34. The summed E-state index contributed by atoms with van der Waals surface area (Å²) in [6.45, 7) is 1.79. The van der Waals surface area contributed by atoms with Crippen LogP contribution in [0.1, 0.15) is 18.6 Å². The van der Waals surface area contributed by atoms with Crippen LogP contribution >= 0.6 is 0 Å². The number of ether oxygens (including phenoxy) is 1. The summed E-state index contributed by atoms with van der Waals surface area (Å²) >= 11 is 0. The number of aryl methyl sites for hydroxylation is 1. The average Bonchev–Trinajstić information content (AvgIpc) is 2.47. The molecule has 15 heavy (non-hydrogen) atoms. The van der Waals surface area contributed by atoms with Gasteiger partial charge in [-0.2, -0.15) is 0 Å². The van der Waals surface area contributed by atoms with Crippen LogP contribution in [0, 0.1) is 6.92 Å². The SMILES string of the molecule is Cc1cc(O[C@H]2C[C@H](NC(=O)O)C2)no1. The minimum atomic E-state index is -0.990. The number of rotatable bonds is 3. The summed E-state index contributed by atoms with van der Waals surface area (Å²) in [5.74, 6) is 1.16. The number of aromatic nitrogens is 1. The second kappa shape index (κ2) is 3.80. The molecule has 1 heterocycles. The van der Waals surface area contributed by atoms with E-state index in [2.05, 4.69) is 10.5 Å². The topological polar surface area (TPSA) is 84.6 Å². The van der Waals surface area contributed by atoms with E-state index in [1.54, 1.807) is 13.0 Å². The summed E-state index contributed by atoms with van der Waals surface area (Å²) in [7, 11) is 0. The third kappa shape index (κ3) is 2.39. The van der Waals surface area contributed by atoms with Crippen LogP contribution in [0.4, 0.5) is 4.79 Å². The highest BCUT2D eigenvalue weighted by molar-refractivity contribution is 5.65. The fourth-order valence-electron chi connectivity index (χ4n) is 1.52. The van der Waals surface area contributed by atoms with Gasteiger partial charge in [0.2, 0.25) is 0 Å². The molecule has 1 aromatic heterocycles. The number of nitrogens with one attached hydrogen (secondary N) is 1. The van der Waals surface area contributed by atoms with Crippen LogP contribution in [-0.2, 0) is 0 Å². The van der Waals surface area contributed by atoms with Crippen LogP contribution in [0.15, 0.2) is 10.6 Å². The molecule has 1 amide bonds. The Labute approximate surface area is 86.2 Å². The van der Waals surface area contributed by atoms with Gasteiger partial charge in [0.15, 0.2) is 0 Å². The molecule has 0 radical (unpaired) electrons. The molecule has 6 nitrogen and oxygen atoms in total. The van der Waals surface area contributed by atoms with E-state index < -0.39 is 6.09 Å². The second-order valence-corrected chi connectivity index (χ2v) is 3.63. The Balaban J connectivity index is 1.74. The molecule has 0 spiro atoms. The highest BCUT2D eigenvalue weighted by Crippen LogP contribution is 2.25. The minimum absolute atomic E-state index is 0.000461. The van der Waals surface area contributed by atoms with Crippen molar-refractivity contribution < 1.29 is 19.2 Å². The summed E-state index contributed by atoms with van der Waals surface area (Å²) in [5, 5.41) is 14.5. The van der Waals surface area contributed by atoms with Gasteiger partial charge in [-0.3, -0.25) is 0 Å². The van der Waals surface area contributed by atoms with Crippen LogP contribution in [-0.4, -0.2) is 28.5 Å². The van der Waals surface area contributed by atoms with Gasteiger partial charge in [0.1, 0.15) is 11.9 Å². The Morgan fingerprint density at radius 1 is 1.73 bits per heavy atom. The smallest absolute Gasteiger partial charge is 0.404 e. The molecule has 0 unspecified atom stereocenters. The summed E-state index contributed by atoms with van der Waals surface area (Å²) < 4.78 is 10.3. The van der Waals surface area contributed by atoms with E-state index in [9.17, 15) is 4.79 Å². The first-order valence-electron chi connectivity index (χ1n) is 4.73. The maximum absolute atomic E-state index is 10.3. The maximum atomic E-state index is 10.3. The first kappa shape index (κ1) is 9.82. The van der Waals surface area contributed by atoms with Crippen LogP contribution in [0.2, 0.25) is 0 Å². The van der Waals surface area contributed by atoms with Crippen molar-refractivity contribution >= 4 is 6.09 Å². The van der Waals surface area contributed by atoms with Crippen molar-refractivity contribution in [2.24, 2.45) is 0 Å². The molecule has 0 saturated heterocycles. The third-order valence-electron chi connectivity index (χ3n) is 2.32. The van der Waals surface area contributed by atoms with Gasteiger partial charge in [0.25, 0.3) is 5.88 Å². The number of hydrogen-bond donors (Lipinski definition) is 2. The number of amides is 1. The van der Waals surface area contributed by atoms with Crippen molar-refractivity contribution in [3.63, 3.8) is 0 Å². The van der Waals surface area contributed by atoms with Gasteiger partial charge >= 0.3 is 6.09 Å². The van der Waals surface area contributed by atoms with Gasteiger partial charge in [0.05, 0.1) is 0 Å². The molecule has 1 fully saturated rings. The monoisotopic (exact) mass is 212 g/mol. The molecule has 0 bridgehead atoms. The standard InChI is InChI=1S/C9H12N2O4/c1-5-2-8(11-15-5)14-7-3-6(4-7)10-9(12)13/h2,6-7,10H,3-4H2,1H3,(H,12,13)/t6-,7-. The first-order chi connectivity index (χ1) is 7.13. The number of carbonyl (C=O) groups is 1. The molecule has 1 aliphatic carbocycles. The maximum Gasteiger partial charge on any atom is 0.404 e. The molecule has 1 aromatic rings. The van der Waals surface area contributed by atoms with Crippen LogP contribution < -0.4 is 10.1 Å². The number of carboxylic acid groups (broad SMARTS) is 1. The zero-order valence-corrected chi connectivity index (χ0v) is 8.27. The Hall–Kier alpha value is -1.72.